The Hall–Kier alpha value is -3.23. The predicted octanol–water partition coefficient (Wildman–Crippen LogP) is 2.48. The average Bonchev–Trinajstić information content (AvgIpc) is 3.23. The molecule has 3 aliphatic rings. The molecule has 0 N–H and O–H groups in total. The number of carbonyl (C=O) groups excluding carboxylic acids is 5. The molecule has 0 aromatic heterocycles. The minimum absolute atomic E-state index is 0.0363. The van der Waals surface area contributed by atoms with Crippen LogP contribution in [0.25, 0.3) is 0 Å². The van der Waals surface area contributed by atoms with Gasteiger partial charge < -0.3 is 18.9 Å². The standard InChI is InChI=1S/C26H32O9/c1-8-16(11-32-15(6)27)25(31)35-22-19-14(5)24(30)34-21(19)20(33-23(29)12(2)3)13(4)17-9-10-18(28)26(17,22)7/h8-10,12-13,17,19-22H,5,11H2,1-4,6-7H3. The van der Waals surface area contributed by atoms with Gasteiger partial charge in [-0.05, 0) is 25.8 Å². The number of ether oxygens (including phenoxy) is 4. The summed E-state index contributed by atoms with van der Waals surface area (Å²) in [5.74, 6) is -5.10. The van der Waals surface area contributed by atoms with Gasteiger partial charge in [0.15, 0.2) is 5.78 Å². The van der Waals surface area contributed by atoms with Crippen LogP contribution >= 0.6 is 0 Å². The first-order valence-corrected chi connectivity index (χ1v) is 11.7. The number of fused-ring (bicyclic) bond motifs is 2. The average molecular weight is 489 g/mol. The monoisotopic (exact) mass is 488 g/mol. The fourth-order valence-corrected chi connectivity index (χ4v) is 5.17. The van der Waals surface area contributed by atoms with Crippen LogP contribution < -0.4 is 0 Å². The maximum absolute atomic E-state index is 13.3. The second-order valence-electron chi connectivity index (χ2n) is 9.79. The van der Waals surface area contributed by atoms with E-state index in [9.17, 15) is 24.0 Å². The highest BCUT2D eigenvalue weighted by Gasteiger charge is 2.65. The van der Waals surface area contributed by atoms with E-state index in [0.29, 0.717) is 0 Å². The van der Waals surface area contributed by atoms with Gasteiger partial charge in [0, 0.05) is 18.4 Å². The van der Waals surface area contributed by atoms with E-state index in [-0.39, 0.29) is 23.5 Å². The second kappa shape index (κ2) is 9.79. The minimum atomic E-state index is -1.27. The lowest BCUT2D eigenvalue weighted by Crippen LogP contribution is -2.49. The molecule has 35 heavy (non-hydrogen) atoms. The Kier molecular flexibility index (Phi) is 7.38. The van der Waals surface area contributed by atoms with E-state index in [1.807, 2.05) is 6.92 Å². The van der Waals surface area contributed by atoms with Crippen LogP contribution in [-0.2, 0) is 42.9 Å². The van der Waals surface area contributed by atoms with Gasteiger partial charge in [-0.25, -0.2) is 9.59 Å². The van der Waals surface area contributed by atoms with E-state index in [1.165, 1.54) is 19.1 Å². The molecule has 1 saturated carbocycles. The zero-order valence-electron chi connectivity index (χ0n) is 20.9. The van der Waals surface area contributed by atoms with Crippen LogP contribution in [0.15, 0.2) is 36.0 Å². The molecule has 0 radical (unpaired) electrons. The number of carbonyl (C=O) groups is 5. The smallest absolute Gasteiger partial charge is 0.337 e. The molecule has 9 heteroatoms. The van der Waals surface area contributed by atoms with Gasteiger partial charge in [-0.3, -0.25) is 14.4 Å². The number of allylic oxidation sites excluding steroid dienone is 3. The van der Waals surface area contributed by atoms with Crippen molar-refractivity contribution in [2.45, 2.75) is 59.9 Å². The largest absolute Gasteiger partial charge is 0.461 e. The van der Waals surface area contributed by atoms with Crippen molar-refractivity contribution in [2.24, 2.45) is 29.1 Å². The Bertz CT molecular complexity index is 1020. The van der Waals surface area contributed by atoms with E-state index in [4.69, 9.17) is 18.9 Å². The summed E-state index contributed by atoms with van der Waals surface area (Å²) in [5, 5.41) is 0. The van der Waals surface area contributed by atoms with E-state index in [1.54, 1.807) is 33.8 Å². The van der Waals surface area contributed by atoms with Crippen LogP contribution in [0.1, 0.15) is 41.5 Å². The lowest BCUT2D eigenvalue weighted by molar-refractivity contribution is -0.172. The number of hydrogen-bond donors (Lipinski definition) is 0. The molecule has 2 aliphatic carbocycles. The Labute approximate surface area is 204 Å². The summed E-state index contributed by atoms with van der Waals surface area (Å²) in [6.07, 6.45) is 1.59. The van der Waals surface area contributed by atoms with E-state index < -0.39 is 71.3 Å². The summed E-state index contributed by atoms with van der Waals surface area (Å²) in [5.41, 5.74) is -1.16. The van der Waals surface area contributed by atoms with Crippen LogP contribution in [0.5, 0.6) is 0 Å². The van der Waals surface area contributed by atoms with Crippen LogP contribution in [0.4, 0.5) is 0 Å². The van der Waals surface area contributed by atoms with Gasteiger partial charge in [-0.15, -0.1) is 0 Å². The van der Waals surface area contributed by atoms with Crippen LogP contribution in [-0.4, -0.2) is 54.6 Å². The molecule has 0 aromatic carbocycles. The maximum atomic E-state index is 13.3. The molecule has 1 aliphatic heterocycles. The maximum Gasteiger partial charge on any atom is 0.337 e. The molecule has 2 fully saturated rings. The molecule has 0 bridgehead atoms. The second-order valence-corrected chi connectivity index (χ2v) is 9.79. The Balaban J connectivity index is 2.08. The highest BCUT2D eigenvalue weighted by atomic mass is 16.6. The number of rotatable bonds is 6. The number of hydrogen-bond acceptors (Lipinski definition) is 9. The summed E-state index contributed by atoms with van der Waals surface area (Å²) in [7, 11) is 0. The lowest BCUT2D eigenvalue weighted by Gasteiger charge is -2.39. The lowest BCUT2D eigenvalue weighted by atomic mass is 9.67. The third kappa shape index (κ3) is 4.56. The zero-order chi connectivity index (χ0) is 26.2. The normalized spacial score (nSPS) is 34.1. The van der Waals surface area contributed by atoms with Crippen LogP contribution in [0.3, 0.4) is 0 Å². The molecule has 7 atom stereocenters. The summed E-state index contributed by atoms with van der Waals surface area (Å²) in [4.78, 5) is 62.9. The van der Waals surface area contributed by atoms with Crippen molar-refractivity contribution >= 4 is 29.7 Å². The van der Waals surface area contributed by atoms with Gasteiger partial charge >= 0.3 is 23.9 Å². The molecule has 0 aromatic rings. The third-order valence-electron chi connectivity index (χ3n) is 7.26. The molecule has 1 heterocycles. The first-order valence-electron chi connectivity index (χ1n) is 11.7. The summed E-state index contributed by atoms with van der Waals surface area (Å²) in [6.45, 7) is 13.2. The summed E-state index contributed by atoms with van der Waals surface area (Å²) in [6, 6.07) is 0. The van der Waals surface area contributed by atoms with Crippen molar-refractivity contribution in [3.05, 3.63) is 36.0 Å². The van der Waals surface area contributed by atoms with Crippen LogP contribution in [0.2, 0.25) is 0 Å². The summed E-state index contributed by atoms with van der Waals surface area (Å²) < 4.78 is 22.3. The molecule has 7 unspecified atom stereocenters. The highest BCUT2D eigenvalue weighted by molar-refractivity contribution is 6.00. The molecule has 0 amide bonds. The van der Waals surface area contributed by atoms with Crippen molar-refractivity contribution in [3.63, 3.8) is 0 Å². The Morgan fingerprint density at radius 1 is 1.23 bits per heavy atom. The Morgan fingerprint density at radius 2 is 1.89 bits per heavy atom. The molecule has 190 valence electrons. The molecule has 0 spiro atoms. The van der Waals surface area contributed by atoms with E-state index in [0.717, 1.165) is 0 Å². The molecular weight excluding hydrogens is 456 g/mol. The van der Waals surface area contributed by atoms with Crippen molar-refractivity contribution in [1.82, 2.24) is 0 Å². The van der Waals surface area contributed by atoms with E-state index in [2.05, 4.69) is 6.58 Å². The highest BCUT2D eigenvalue weighted by Crippen LogP contribution is 2.55. The molecular formula is C26H32O9. The van der Waals surface area contributed by atoms with Crippen LogP contribution in [0, 0.1) is 29.1 Å². The number of esters is 4. The van der Waals surface area contributed by atoms with Gasteiger partial charge in [-0.2, -0.15) is 0 Å². The first-order chi connectivity index (χ1) is 16.3. The van der Waals surface area contributed by atoms with Gasteiger partial charge in [0.2, 0.25) is 0 Å². The molecule has 1 saturated heterocycles. The first kappa shape index (κ1) is 26.4. The topological polar surface area (TPSA) is 122 Å². The third-order valence-corrected chi connectivity index (χ3v) is 7.26. The molecule has 3 rings (SSSR count). The van der Waals surface area contributed by atoms with Crippen molar-refractivity contribution in [1.29, 1.82) is 0 Å². The van der Waals surface area contributed by atoms with Gasteiger partial charge in [0.05, 0.1) is 22.8 Å². The predicted molar refractivity (Wildman–Crippen MR) is 122 cm³/mol. The zero-order valence-corrected chi connectivity index (χ0v) is 20.9. The van der Waals surface area contributed by atoms with Crippen molar-refractivity contribution in [3.8, 4) is 0 Å². The van der Waals surface area contributed by atoms with Crippen molar-refractivity contribution in [2.75, 3.05) is 6.61 Å². The van der Waals surface area contributed by atoms with Crippen molar-refractivity contribution < 1.29 is 42.9 Å². The fourth-order valence-electron chi connectivity index (χ4n) is 5.17. The van der Waals surface area contributed by atoms with E-state index >= 15 is 0 Å². The number of ketones is 1. The Morgan fingerprint density at radius 3 is 2.46 bits per heavy atom. The SMILES string of the molecule is C=C1C(=O)OC2C(OC(=O)C(C)C)C(C)C3C=CC(=O)C3(C)C(OC(=O)C(=CC)COC(C)=O)C12. The molecule has 9 nitrogen and oxygen atoms in total. The quantitative estimate of drug-likeness (QED) is 0.315. The van der Waals surface area contributed by atoms with Gasteiger partial charge in [-0.1, -0.05) is 39.5 Å². The van der Waals surface area contributed by atoms with Gasteiger partial charge in [0.25, 0.3) is 0 Å². The van der Waals surface area contributed by atoms with Gasteiger partial charge in [0.1, 0.15) is 24.9 Å². The minimum Gasteiger partial charge on any atom is -0.461 e. The summed E-state index contributed by atoms with van der Waals surface area (Å²) >= 11 is 0. The fraction of sp³-hybridized carbons (Fsp3) is 0.577.